The Hall–Kier alpha value is -3.79. The number of aromatic nitrogens is 3. The Bertz CT molecular complexity index is 1300. The molecule has 0 amide bonds. The maximum atomic E-state index is 12.9. The highest BCUT2D eigenvalue weighted by Crippen LogP contribution is 2.38. The molecule has 1 atom stereocenters. The quantitative estimate of drug-likeness (QED) is 0.388. The van der Waals surface area contributed by atoms with Crippen LogP contribution in [0.3, 0.4) is 0 Å². The fourth-order valence-electron chi connectivity index (χ4n) is 4.21. The van der Waals surface area contributed by atoms with E-state index in [0.717, 1.165) is 31.4 Å². The highest BCUT2D eigenvalue weighted by atomic mass is 19.4. The predicted molar refractivity (Wildman–Crippen MR) is 122 cm³/mol. The van der Waals surface area contributed by atoms with Crippen molar-refractivity contribution in [3.8, 4) is 33.9 Å². The van der Waals surface area contributed by atoms with E-state index in [1.807, 2.05) is 22.7 Å². The molecule has 0 saturated carbocycles. The van der Waals surface area contributed by atoms with Crippen molar-refractivity contribution in [2.45, 2.75) is 25.2 Å². The maximum Gasteiger partial charge on any atom is 0.573 e. The topological polar surface area (TPSA) is 83.7 Å². The van der Waals surface area contributed by atoms with Gasteiger partial charge in [-0.1, -0.05) is 12.1 Å². The molecule has 2 aromatic heterocycles. The first kappa shape index (κ1) is 22.0. The number of rotatable bonds is 5. The van der Waals surface area contributed by atoms with Crippen LogP contribution in [0, 0.1) is 0 Å². The largest absolute Gasteiger partial charge is 0.573 e. The van der Waals surface area contributed by atoms with Crippen LogP contribution in [0.2, 0.25) is 0 Å². The Morgan fingerprint density at radius 3 is 2.62 bits per heavy atom. The zero-order valence-corrected chi connectivity index (χ0v) is 18.0. The minimum Gasteiger partial charge on any atom is -0.508 e. The van der Waals surface area contributed by atoms with Gasteiger partial charge >= 0.3 is 6.36 Å². The highest BCUT2D eigenvalue weighted by Gasteiger charge is 2.31. The van der Waals surface area contributed by atoms with Gasteiger partial charge in [0, 0.05) is 24.3 Å². The number of anilines is 1. The average molecular weight is 469 g/mol. The SMILES string of the molecule is Oc1ccc(-c2cc(OC(F)(F)F)ccc2-c2nnc(N[C@@H]3CCCNC3)n3cccc23)cc1. The molecule has 2 aromatic carbocycles. The van der Waals surface area contributed by atoms with Gasteiger partial charge in [0.15, 0.2) is 0 Å². The van der Waals surface area contributed by atoms with Gasteiger partial charge in [-0.25, -0.2) is 0 Å². The van der Waals surface area contributed by atoms with Crippen molar-refractivity contribution in [1.82, 2.24) is 19.9 Å². The molecule has 3 heterocycles. The standard InChI is InChI=1S/C24H22F3N5O2/c25-24(26,27)34-18-9-10-19(20(13-18)15-5-7-17(33)8-6-15)22-21-4-2-12-32(21)23(31-30-22)29-16-3-1-11-28-14-16/h2,4-10,12-13,16,28,33H,1,3,11,14H2,(H,29,31)/t16-/m1/s1. The molecule has 7 nitrogen and oxygen atoms in total. The van der Waals surface area contributed by atoms with E-state index in [1.165, 1.54) is 24.3 Å². The first-order valence-electron chi connectivity index (χ1n) is 10.9. The summed E-state index contributed by atoms with van der Waals surface area (Å²) in [6, 6.07) is 14.3. The van der Waals surface area contributed by atoms with Crippen molar-refractivity contribution >= 4 is 11.5 Å². The maximum absolute atomic E-state index is 12.9. The van der Waals surface area contributed by atoms with E-state index >= 15 is 0 Å². The number of alkyl halides is 3. The number of piperidine rings is 1. The van der Waals surface area contributed by atoms with Crippen LogP contribution in [0.1, 0.15) is 12.8 Å². The molecule has 0 unspecified atom stereocenters. The molecule has 0 aliphatic carbocycles. The third-order valence-corrected chi connectivity index (χ3v) is 5.75. The third kappa shape index (κ3) is 4.62. The molecule has 0 radical (unpaired) electrons. The fourth-order valence-corrected chi connectivity index (χ4v) is 4.21. The second-order valence-corrected chi connectivity index (χ2v) is 8.13. The van der Waals surface area contributed by atoms with Crippen LogP contribution in [-0.4, -0.2) is 45.2 Å². The molecule has 0 bridgehead atoms. The van der Waals surface area contributed by atoms with Crippen molar-refractivity contribution in [3.63, 3.8) is 0 Å². The van der Waals surface area contributed by atoms with E-state index < -0.39 is 6.36 Å². The second kappa shape index (κ2) is 8.86. The van der Waals surface area contributed by atoms with Crippen LogP contribution >= 0.6 is 0 Å². The lowest BCUT2D eigenvalue weighted by Gasteiger charge is -2.24. The zero-order chi connectivity index (χ0) is 23.7. The van der Waals surface area contributed by atoms with Gasteiger partial charge in [0.25, 0.3) is 0 Å². The average Bonchev–Trinajstić information content (AvgIpc) is 3.30. The number of phenols is 1. The molecular formula is C24H22F3N5O2. The van der Waals surface area contributed by atoms with E-state index in [9.17, 15) is 18.3 Å². The van der Waals surface area contributed by atoms with Crippen molar-refractivity contribution in [1.29, 1.82) is 0 Å². The Labute approximate surface area is 193 Å². The van der Waals surface area contributed by atoms with Gasteiger partial charge in [-0.05, 0) is 73.0 Å². The molecule has 1 aliphatic heterocycles. The number of nitrogens with one attached hydrogen (secondary N) is 2. The Kier molecular flexibility index (Phi) is 5.74. The Morgan fingerprint density at radius 1 is 1.06 bits per heavy atom. The lowest BCUT2D eigenvalue weighted by Crippen LogP contribution is -2.39. The number of hydrogen-bond acceptors (Lipinski definition) is 6. The van der Waals surface area contributed by atoms with Gasteiger partial charge < -0.3 is 20.5 Å². The molecule has 0 spiro atoms. The summed E-state index contributed by atoms with van der Waals surface area (Å²) in [4.78, 5) is 0. The molecular weight excluding hydrogens is 447 g/mol. The van der Waals surface area contributed by atoms with E-state index in [1.54, 1.807) is 18.2 Å². The first-order chi connectivity index (χ1) is 16.4. The first-order valence-corrected chi connectivity index (χ1v) is 10.9. The smallest absolute Gasteiger partial charge is 0.508 e. The van der Waals surface area contributed by atoms with E-state index in [2.05, 4.69) is 25.6 Å². The summed E-state index contributed by atoms with van der Waals surface area (Å²) < 4.78 is 44.6. The molecule has 1 fully saturated rings. The van der Waals surface area contributed by atoms with Crippen molar-refractivity contribution in [3.05, 3.63) is 60.8 Å². The summed E-state index contributed by atoms with van der Waals surface area (Å²) in [6.07, 6.45) is -0.859. The minimum absolute atomic E-state index is 0.0504. The summed E-state index contributed by atoms with van der Waals surface area (Å²) >= 11 is 0. The number of phenolic OH excluding ortho intramolecular Hbond substituents is 1. The minimum atomic E-state index is -4.82. The monoisotopic (exact) mass is 469 g/mol. The predicted octanol–water partition coefficient (Wildman–Crippen LogP) is 4.83. The molecule has 3 N–H and O–H groups in total. The van der Waals surface area contributed by atoms with Crippen LogP contribution in [0.15, 0.2) is 60.8 Å². The van der Waals surface area contributed by atoms with E-state index in [4.69, 9.17) is 0 Å². The molecule has 1 aliphatic rings. The second-order valence-electron chi connectivity index (χ2n) is 8.13. The summed E-state index contributed by atoms with van der Waals surface area (Å²) in [7, 11) is 0. The molecule has 1 saturated heterocycles. The van der Waals surface area contributed by atoms with Crippen LogP contribution in [0.4, 0.5) is 19.1 Å². The van der Waals surface area contributed by atoms with Crippen LogP contribution < -0.4 is 15.4 Å². The summed E-state index contributed by atoms with van der Waals surface area (Å²) in [5.74, 6) is 0.303. The number of benzene rings is 2. The van der Waals surface area contributed by atoms with Gasteiger partial charge in [-0.2, -0.15) is 0 Å². The van der Waals surface area contributed by atoms with Crippen molar-refractivity contribution < 1.29 is 23.0 Å². The number of nitrogens with zero attached hydrogens (tertiary/aromatic N) is 3. The fraction of sp³-hybridized carbons (Fsp3) is 0.250. The Balaban J connectivity index is 1.60. The lowest BCUT2D eigenvalue weighted by molar-refractivity contribution is -0.274. The van der Waals surface area contributed by atoms with Gasteiger partial charge in [-0.3, -0.25) is 4.40 Å². The third-order valence-electron chi connectivity index (χ3n) is 5.75. The molecule has 10 heteroatoms. The van der Waals surface area contributed by atoms with Crippen LogP contribution in [-0.2, 0) is 0 Å². The summed E-state index contributed by atoms with van der Waals surface area (Å²) in [5, 5.41) is 25.3. The van der Waals surface area contributed by atoms with Crippen LogP contribution in [0.5, 0.6) is 11.5 Å². The summed E-state index contributed by atoms with van der Waals surface area (Å²) in [5.41, 5.74) is 2.92. The molecule has 34 heavy (non-hydrogen) atoms. The van der Waals surface area contributed by atoms with Gasteiger partial charge in [0.05, 0.1) is 5.52 Å². The van der Waals surface area contributed by atoms with E-state index in [-0.39, 0.29) is 17.5 Å². The zero-order valence-electron chi connectivity index (χ0n) is 18.0. The number of ether oxygens (including phenoxy) is 1. The van der Waals surface area contributed by atoms with Gasteiger partial charge in [0.1, 0.15) is 17.2 Å². The number of hydrogen-bond donors (Lipinski definition) is 3. The van der Waals surface area contributed by atoms with Gasteiger partial charge in [-0.15, -0.1) is 23.4 Å². The van der Waals surface area contributed by atoms with Crippen molar-refractivity contribution in [2.24, 2.45) is 0 Å². The number of halogens is 3. The molecule has 4 aromatic rings. The normalized spacial score (nSPS) is 16.5. The van der Waals surface area contributed by atoms with Crippen LogP contribution in [0.25, 0.3) is 27.9 Å². The number of aromatic hydroxyl groups is 1. The molecule has 176 valence electrons. The van der Waals surface area contributed by atoms with Gasteiger partial charge in [0.2, 0.25) is 5.95 Å². The number of fused-ring (bicyclic) bond motifs is 1. The van der Waals surface area contributed by atoms with E-state index in [0.29, 0.717) is 28.3 Å². The molecule has 5 rings (SSSR count). The Morgan fingerprint density at radius 2 is 1.88 bits per heavy atom. The highest BCUT2D eigenvalue weighted by molar-refractivity contribution is 5.89. The lowest BCUT2D eigenvalue weighted by atomic mass is 9.96. The van der Waals surface area contributed by atoms with Crippen molar-refractivity contribution in [2.75, 3.05) is 18.4 Å². The summed E-state index contributed by atoms with van der Waals surface area (Å²) in [6.45, 7) is 1.83.